The molecule has 43 heavy (non-hydrogen) atoms. The molecule has 0 radical (unpaired) electrons. The Morgan fingerprint density at radius 3 is 1.42 bits per heavy atom. The molecular weight excluding hydrogens is 563 g/mol. The number of nitriles is 2. The van der Waals surface area contributed by atoms with E-state index in [1.807, 2.05) is 38.1 Å². The highest BCUT2D eigenvalue weighted by atomic mass is 31.2. The summed E-state index contributed by atoms with van der Waals surface area (Å²) in [6.07, 6.45) is -0.148. The Balaban J connectivity index is 1.44. The first kappa shape index (κ1) is 30.9. The van der Waals surface area contributed by atoms with Crippen LogP contribution in [0, 0.1) is 36.5 Å². The summed E-state index contributed by atoms with van der Waals surface area (Å²) in [5.41, 5.74) is 3.89. The van der Waals surface area contributed by atoms with Crippen LogP contribution in [0.5, 0.6) is 11.5 Å². The van der Waals surface area contributed by atoms with Crippen LogP contribution in [-0.2, 0) is 4.57 Å². The molecule has 0 heterocycles. The number of Topliss-reactive ketones (excluding diaryl/α,β-unsaturated/α-hetero) is 2. The molecule has 4 rings (SSSR count). The maximum Gasteiger partial charge on any atom is 0.584 e. The zero-order valence-electron chi connectivity index (χ0n) is 23.6. The van der Waals surface area contributed by atoms with Crippen LogP contribution in [0.3, 0.4) is 0 Å². The summed E-state index contributed by atoms with van der Waals surface area (Å²) >= 11 is 0. The molecule has 4 aromatic carbocycles. The molecule has 0 aliphatic rings. The largest absolute Gasteiger partial charge is 0.584 e. The van der Waals surface area contributed by atoms with Crippen molar-refractivity contribution < 1.29 is 28.1 Å². The Hall–Kier alpha value is -5.01. The van der Waals surface area contributed by atoms with E-state index in [2.05, 4.69) is 12.1 Å². The third-order valence-corrected chi connectivity index (χ3v) is 7.68. The summed E-state index contributed by atoms with van der Waals surface area (Å²) in [6, 6.07) is 30.4. The second-order valence-corrected chi connectivity index (χ2v) is 11.4. The lowest BCUT2D eigenvalue weighted by Gasteiger charge is -2.16. The molecule has 0 saturated heterocycles. The van der Waals surface area contributed by atoms with Crippen molar-refractivity contribution in [2.45, 2.75) is 38.5 Å². The van der Waals surface area contributed by atoms with Gasteiger partial charge in [-0.3, -0.25) is 14.5 Å². The highest BCUT2D eigenvalue weighted by molar-refractivity contribution is 7.48. The molecule has 9 heteroatoms. The van der Waals surface area contributed by atoms with E-state index >= 15 is 0 Å². The van der Waals surface area contributed by atoms with Crippen LogP contribution in [0.4, 0.5) is 0 Å². The summed E-state index contributed by atoms with van der Waals surface area (Å²) in [4.78, 5) is 36.0. The molecule has 0 amide bonds. The van der Waals surface area contributed by atoms with Gasteiger partial charge in [0.1, 0.15) is 11.5 Å². The molecule has 216 valence electrons. The van der Waals surface area contributed by atoms with Gasteiger partial charge < -0.3 is 9.05 Å². The molecule has 0 spiro atoms. The van der Waals surface area contributed by atoms with Gasteiger partial charge in [-0.15, -0.1) is 0 Å². The number of nitrogens with zero attached hydrogens (tertiary/aromatic N) is 2. The third-order valence-electron chi connectivity index (χ3n) is 6.80. The number of carbonyl (C=O) groups is 2. The first-order chi connectivity index (χ1) is 20.6. The topological polar surface area (TPSA) is 137 Å². The predicted octanol–water partition coefficient (Wildman–Crippen LogP) is 7.62. The van der Waals surface area contributed by atoms with Crippen LogP contribution in [0.2, 0.25) is 0 Å². The quantitative estimate of drug-likeness (QED) is 0.131. The lowest BCUT2D eigenvalue weighted by Crippen LogP contribution is -2.07. The number of rotatable bonds is 12. The fourth-order valence-corrected chi connectivity index (χ4v) is 5.22. The standard InChI is InChI=1S/C34H29N2O6P/c1-23-9-13-25(14-10-23)33(37)19-29(21-35)27-5-3-7-31(17-27)41-43(39,40)42-32-8-4-6-28(18-32)30(22-36)20-34(38)26-15-11-24(2)12-16-26/h3-18,29-30H,19-20H2,1-2H3,(H,39,40). The molecule has 0 aliphatic carbocycles. The van der Waals surface area contributed by atoms with Gasteiger partial charge in [0.15, 0.2) is 11.6 Å². The second kappa shape index (κ2) is 13.8. The molecule has 8 nitrogen and oxygen atoms in total. The van der Waals surface area contributed by atoms with E-state index in [9.17, 15) is 29.6 Å². The molecule has 2 unspecified atom stereocenters. The van der Waals surface area contributed by atoms with Gasteiger partial charge in [-0.1, -0.05) is 83.9 Å². The number of hydrogen-bond acceptors (Lipinski definition) is 7. The fraction of sp³-hybridized carbons (Fsp3) is 0.176. The molecule has 0 aromatic heterocycles. The van der Waals surface area contributed by atoms with E-state index in [0.717, 1.165) is 11.1 Å². The number of phosphoric acid groups is 1. The normalized spacial score (nSPS) is 13.4. The summed E-state index contributed by atoms with van der Waals surface area (Å²) in [7, 11) is -4.71. The van der Waals surface area contributed by atoms with Crippen LogP contribution in [0.15, 0.2) is 97.1 Å². The van der Waals surface area contributed by atoms with Crippen LogP contribution < -0.4 is 9.05 Å². The van der Waals surface area contributed by atoms with E-state index in [4.69, 9.17) is 9.05 Å². The first-order valence-electron chi connectivity index (χ1n) is 13.5. The Morgan fingerprint density at radius 1 is 0.698 bits per heavy atom. The van der Waals surface area contributed by atoms with Crippen molar-refractivity contribution in [2.24, 2.45) is 0 Å². The predicted molar refractivity (Wildman–Crippen MR) is 161 cm³/mol. The summed E-state index contributed by atoms with van der Waals surface area (Å²) in [5, 5.41) is 19.5. The van der Waals surface area contributed by atoms with E-state index in [1.165, 1.54) is 24.3 Å². The van der Waals surface area contributed by atoms with Crippen molar-refractivity contribution >= 4 is 19.4 Å². The highest BCUT2D eigenvalue weighted by Gasteiger charge is 2.27. The first-order valence-corrected chi connectivity index (χ1v) is 15.0. The third kappa shape index (κ3) is 8.50. The van der Waals surface area contributed by atoms with Crippen LogP contribution >= 0.6 is 7.82 Å². The molecule has 0 bridgehead atoms. The summed E-state index contributed by atoms with van der Waals surface area (Å²) < 4.78 is 23.5. The molecule has 1 N–H and O–H groups in total. The SMILES string of the molecule is Cc1ccc(C(=O)CC(C#N)c2cccc(OP(=O)(O)Oc3cccc(C(C#N)CC(=O)c4ccc(C)cc4)c3)c2)cc1. The van der Waals surface area contributed by atoms with Crippen molar-refractivity contribution in [1.82, 2.24) is 0 Å². The van der Waals surface area contributed by atoms with Gasteiger partial charge in [0.2, 0.25) is 0 Å². The minimum atomic E-state index is -4.71. The number of ketones is 2. The summed E-state index contributed by atoms with van der Waals surface area (Å²) in [5.74, 6) is -2.07. The number of carbonyl (C=O) groups excluding carboxylic acids is 2. The van der Waals surface area contributed by atoms with Gasteiger partial charge >= 0.3 is 7.82 Å². The minimum Gasteiger partial charge on any atom is -0.395 e. The maximum absolute atomic E-state index is 12.9. The van der Waals surface area contributed by atoms with E-state index in [1.54, 1.807) is 48.5 Å². The minimum absolute atomic E-state index is 0.0267. The molecule has 0 fully saturated rings. The van der Waals surface area contributed by atoms with Crippen LogP contribution in [0.25, 0.3) is 0 Å². The van der Waals surface area contributed by atoms with E-state index in [0.29, 0.717) is 22.3 Å². The smallest absolute Gasteiger partial charge is 0.395 e. The molecule has 0 aliphatic heterocycles. The molecule has 2 atom stereocenters. The van der Waals surface area contributed by atoms with Gasteiger partial charge in [0, 0.05) is 24.0 Å². The van der Waals surface area contributed by atoms with Gasteiger partial charge in [0.25, 0.3) is 0 Å². The van der Waals surface area contributed by atoms with Gasteiger partial charge in [-0.2, -0.15) is 10.5 Å². The van der Waals surface area contributed by atoms with Crippen LogP contribution in [0.1, 0.15) is 67.6 Å². The van der Waals surface area contributed by atoms with Gasteiger partial charge in [-0.25, -0.2) is 4.57 Å². The highest BCUT2D eigenvalue weighted by Crippen LogP contribution is 2.45. The Kier molecular flexibility index (Phi) is 9.91. The van der Waals surface area contributed by atoms with Crippen LogP contribution in [-0.4, -0.2) is 16.5 Å². The van der Waals surface area contributed by atoms with Crippen molar-refractivity contribution in [3.63, 3.8) is 0 Å². The van der Waals surface area contributed by atoms with Gasteiger partial charge in [-0.05, 0) is 49.2 Å². The van der Waals surface area contributed by atoms with Crippen molar-refractivity contribution in [3.8, 4) is 23.6 Å². The van der Waals surface area contributed by atoms with E-state index in [-0.39, 0.29) is 35.9 Å². The molecule has 4 aromatic rings. The number of benzene rings is 4. The zero-order chi connectivity index (χ0) is 31.0. The lowest BCUT2D eigenvalue weighted by atomic mass is 9.92. The van der Waals surface area contributed by atoms with Crippen molar-refractivity contribution in [1.29, 1.82) is 10.5 Å². The molecular formula is C34H29N2O6P. The Bertz CT molecular complexity index is 1630. The maximum atomic E-state index is 12.9. The second-order valence-electron chi connectivity index (χ2n) is 10.1. The monoisotopic (exact) mass is 592 g/mol. The van der Waals surface area contributed by atoms with Gasteiger partial charge in [0.05, 0.1) is 24.0 Å². The Labute approximate surface area is 250 Å². The molecule has 0 saturated carbocycles. The zero-order valence-corrected chi connectivity index (χ0v) is 24.5. The Morgan fingerprint density at radius 2 is 1.07 bits per heavy atom. The number of hydrogen-bond donors (Lipinski definition) is 1. The average molecular weight is 593 g/mol. The lowest BCUT2D eigenvalue weighted by molar-refractivity contribution is 0.0971. The summed E-state index contributed by atoms with van der Waals surface area (Å²) in [6.45, 7) is 3.83. The van der Waals surface area contributed by atoms with E-state index < -0.39 is 19.7 Å². The van der Waals surface area contributed by atoms with Crippen molar-refractivity contribution in [3.05, 3.63) is 130 Å². The fourth-order valence-electron chi connectivity index (χ4n) is 4.42. The van der Waals surface area contributed by atoms with Crippen molar-refractivity contribution in [2.75, 3.05) is 0 Å². The number of phosphoric ester groups is 1. The number of aryl methyl sites for hydroxylation is 2. The average Bonchev–Trinajstić information content (AvgIpc) is 2.98.